The minimum absolute atomic E-state index is 0.601. The molecule has 147 heavy (non-hydrogen) atoms. The number of rotatable bonds is 16. The van der Waals surface area contributed by atoms with Crippen LogP contribution in [0.5, 0.6) is 0 Å². The van der Waals surface area contributed by atoms with Crippen LogP contribution in [-0.2, 0) is 0 Å². The SMILES string of the molecule is c1ccc(-c2ccc(-c3nc(-c4ccc(-c5ccccc5)cc4)nc(-c4ccc(-c5c6ccccc6nc6c5oc5ccccc56)cc4)n3)cc2)cc1.c1ccc(-c2cccc(-c3cc(-c4ccc(-c5c6ccccc6nc6c5oc5ccccc56)cc4)nc(-c4ccccc4)n3)c2)cc1.c1ccc(-c2cccc(-c3nc(-c4ccccc4)nc(-c4ccc(-c5c6ccccc6nc6c5oc5ccccc56)cc4)n3)c2)cc1. The zero-order valence-corrected chi connectivity index (χ0v) is 79.1. The summed E-state index contributed by atoms with van der Waals surface area (Å²) in [4.78, 5) is 55.2. The second kappa shape index (κ2) is 38.2. The van der Waals surface area contributed by atoms with E-state index < -0.39 is 0 Å². The third-order valence-corrected chi connectivity index (χ3v) is 27.0. The lowest BCUT2D eigenvalue weighted by molar-refractivity contribution is 0.669. The second-order valence-electron chi connectivity index (χ2n) is 36.2. The average molecular weight is 1880 g/mol. The molecule has 28 rings (SSSR count). The van der Waals surface area contributed by atoms with Gasteiger partial charge in [-0.1, -0.05) is 431 Å². The summed E-state index contributed by atoms with van der Waals surface area (Å²) in [5, 5.41) is 6.16. The van der Waals surface area contributed by atoms with Crippen LogP contribution in [-0.4, -0.2) is 54.8 Å². The van der Waals surface area contributed by atoms with Gasteiger partial charge in [0.15, 0.2) is 57.5 Å². The number of para-hydroxylation sites is 6. The topological polar surface area (TPSA) is 181 Å². The van der Waals surface area contributed by atoms with E-state index in [0.717, 1.165) is 233 Å². The van der Waals surface area contributed by atoms with Crippen molar-refractivity contribution in [3.05, 3.63) is 504 Å². The Morgan fingerprint density at radius 3 is 0.653 bits per heavy atom. The van der Waals surface area contributed by atoms with Crippen molar-refractivity contribution in [2.45, 2.75) is 0 Å². The van der Waals surface area contributed by atoms with Gasteiger partial charge in [-0.25, -0.2) is 54.8 Å². The molecule has 0 saturated carbocycles. The summed E-state index contributed by atoms with van der Waals surface area (Å²) in [6.07, 6.45) is 0. The Bertz CT molecular complexity index is 9340. The van der Waals surface area contributed by atoms with Gasteiger partial charge in [0.1, 0.15) is 33.3 Å². The smallest absolute Gasteiger partial charge is 0.164 e. The lowest BCUT2D eigenvalue weighted by Gasteiger charge is -2.12. The molecule has 0 bridgehead atoms. The van der Waals surface area contributed by atoms with Gasteiger partial charge in [0.25, 0.3) is 0 Å². The Labute approximate surface area is 844 Å². The first kappa shape index (κ1) is 87.2. The molecular formula is C133H83N11O3. The predicted molar refractivity (Wildman–Crippen MR) is 596 cm³/mol. The number of aromatic nitrogens is 11. The van der Waals surface area contributed by atoms with Gasteiger partial charge in [-0.15, -0.1) is 0 Å². The predicted octanol–water partition coefficient (Wildman–Crippen LogP) is 34.2. The molecule has 14 heteroatoms. The first-order valence-electron chi connectivity index (χ1n) is 48.9. The number of pyridine rings is 3. The summed E-state index contributed by atoms with van der Waals surface area (Å²) in [7, 11) is 0. The van der Waals surface area contributed by atoms with E-state index in [9.17, 15) is 0 Å². The fourth-order valence-electron chi connectivity index (χ4n) is 19.7. The maximum absolute atomic E-state index is 6.47. The Kier molecular flexibility index (Phi) is 22.6. The standard InChI is InChI=1S/C48H30N4O.C43H27N3O.C42H26N4O/c1-3-11-31(12-4-1)33-19-25-36(26-20-33)46-50-47(37-27-21-34(22-28-37)32-13-5-2-6-14-32)52-48(51-46)38-29-23-35(24-30-38)43-39-15-7-9-17-41(39)49-44-40-16-8-10-18-42(40)53-45(43)44;1-3-12-28(13-4-1)32-16-11-17-33(26-32)38-27-37(45-43(46-38)31-14-5-2-6-15-31)29-22-24-30(25-23-29)40-34-18-7-9-20-36(34)44-41-35-19-8-10-21-39(35)47-42(40)41;1-3-12-27(13-4-1)31-16-11-17-32(26-31)42-45-40(29-14-5-2-6-15-29)44-41(46-42)30-24-22-28(23-25-30)37-33-18-7-9-20-35(33)43-38-34-19-8-10-21-36(34)47-39(37)38/h1-30H;1-27H;1-26H. The molecule has 0 aliphatic carbocycles. The van der Waals surface area contributed by atoms with Gasteiger partial charge in [0, 0.05) is 99.1 Å². The zero-order valence-electron chi connectivity index (χ0n) is 79.1. The third kappa shape index (κ3) is 17.1. The number of fused-ring (bicyclic) bond motifs is 12. The molecule has 0 unspecified atom stereocenters. The zero-order chi connectivity index (χ0) is 97.5. The average Bonchev–Trinajstić information content (AvgIpc) is 1.60. The summed E-state index contributed by atoms with van der Waals surface area (Å²) in [5.41, 5.74) is 35.9. The Hall–Kier alpha value is -20.1. The van der Waals surface area contributed by atoms with Crippen LogP contribution in [0.3, 0.4) is 0 Å². The van der Waals surface area contributed by atoms with Crippen molar-refractivity contribution in [2.75, 3.05) is 0 Å². The molecule has 0 amide bonds. The van der Waals surface area contributed by atoms with Gasteiger partial charge in [-0.05, 0) is 134 Å². The molecule has 0 spiro atoms. The summed E-state index contributed by atoms with van der Waals surface area (Å²) in [6.45, 7) is 0. The fraction of sp³-hybridized carbons (Fsp3) is 0. The van der Waals surface area contributed by atoms with Crippen LogP contribution in [0.1, 0.15) is 0 Å². The molecule has 0 atom stereocenters. The van der Waals surface area contributed by atoms with Gasteiger partial charge < -0.3 is 13.3 Å². The van der Waals surface area contributed by atoms with E-state index in [4.69, 9.17) is 68.1 Å². The highest BCUT2D eigenvalue weighted by Crippen LogP contribution is 2.46. The van der Waals surface area contributed by atoms with Crippen LogP contribution in [0.15, 0.2) is 517 Å². The summed E-state index contributed by atoms with van der Waals surface area (Å²) >= 11 is 0. The highest BCUT2D eigenvalue weighted by Gasteiger charge is 2.25. The largest absolute Gasteiger partial charge is 0.454 e. The first-order chi connectivity index (χ1) is 72.8. The fourth-order valence-corrected chi connectivity index (χ4v) is 19.7. The number of hydrogen-bond acceptors (Lipinski definition) is 14. The Morgan fingerprint density at radius 2 is 0.327 bits per heavy atom. The van der Waals surface area contributed by atoms with Crippen LogP contribution in [0.2, 0.25) is 0 Å². The number of nitrogens with zero attached hydrogens (tertiary/aromatic N) is 11. The van der Waals surface area contributed by atoms with Crippen molar-refractivity contribution in [3.8, 4) is 180 Å². The molecule has 9 aromatic heterocycles. The molecule has 0 saturated heterocycles. The minimum Gasteiger partial charge on any atom is -0.454 e. The summed E-state index contributed by atoms with van der Waals surface area (Å²) < 4.78 is 19.4. The maximum atomic E-state index is 6.47. The van der Waals surface area contributed by atoms with Crippen molar-refractivity contribution in [1.29, 1.82) is 0 Å². The molecule has 14 nitrogen and oxygen atoms in total. The molecule has 19 aromatic carbocycles. The molecule has 0 radical (unpaired) electrons. The van der Waals surface area contributed by atoms with Crippen molar-refractivity contribution >= 4 is 98.9 Å². The summed E-state index contributed by atoms with van der Waals surface area (Å²) in [6, 6.07) is 172. The van der Waals surface area contributed by atoms with Gasteiger partial charge >= 0.3 is 0 Å². The first-order valence-corrected chi connectivity index (χ1v) is 48.9. The van der Waals surface area contributed by atoms with Gasteiger partial charge in [0.05, 0.1) is 27.9 Å². The van der Waals surface area contributed by atoms with E-state index in [1.165, 1.54) is 5.56 Å². The highest BCUT2D eigenvalue weighted by molar-refractivity contribution is 6.18. The number of hydrogen-bond donors (Lipinski definition) is 0. The Balaban J connectivity index is 0.000000112. The lowest BCUT2D eigenvalue weighted by Crippen LogP contribution is -2.00. The van der Waals surface area contributed by atoms with E-state index in [2.05, 4.69) is 334 Å². The van der Waals surface area contributed by atoms with Crippen LogP contribution < -0.4 is 0 Å². The molecule has 0 N–H and O–H groups in total. The highest BCUT2D eigenvalue weighted by atomic mass is 16.3. The molecular weight excluding hydrogens is 1800 g/mol. The number of benzene rings is 19. The third-order valence-electron chi connectivity index (χ3n) is 27.0. The molecule has 0 aliphatic heterocycles. The van der Waals surface area contributed by atoms with Gasteiger partial charge in [0.2, 0.25) is 0 Å². The second-order valence-corrected chi connectivity index (χ2v) is 36.2. The van der Waals surface area contributed by atoms with Crippen LogP contribution in [0.25, 0.3) is 279 Å². The Morgan fingerprint density at radius 1 is 0.122 bits per heavy atom. The molecule has 28 aromatic rings. The lowest BCUT2D eigenvalue weighted by atomic mass is 9.97. The molecule has 9 heterocycles. The van der Waals surface area contributed by atoms with Gasteiger partial charge in [-0.2, -0.15) is 0 Å². The van der Waals surface area contributed by atoms with Crippen molar-refractivity contribution in [2.24, 2.45) is 0 Å². The van der Waals surface area contributed by atoms with E-state index in [0.29, 0.717) is 40.8 Å². The van der Waals surface area contributed by atoms with E-state index in [1.807, 2.05) is 170 Å². The van der Waals surface area contributed by atoms with Crippen molar-refractivity contribution < 1.29 is 13.3 Å². The normalized spacial score (nSPS) is 11.4. The monoisotopic (exact) mass is 1880 g/mol. The molecule has 0 fully saturated rings. The molecule has 688 valence electrons. The van der Waals surface area contributed by atoms with E-state index in [-0.39, 0.29) is 0 Å². The van der Waals surface area contributed by atoms with Gasteiger partial charge in [-0.3, -0.25) is 0 Å². The van der Waals surface area contributed by atoms with Crippen molar-refractivity contribution in [1.82, 2.24) is 54.8 Å². The van der Waals surface area contributed by atoms with E-state index >= 15 is 0 Å². The van der Waals surface area contributed by atoms with Crippen molar-refractivity contribution in [3.63, 3.8) is 0 Å². The van der Waals surface area contributed by atoms with Crippen LogP contribution in [0.4, 0.5) is 0 Å². The van der Waals surface area contributed by atoms with Crippen LogP contribution in [0, 0.1) is 0 Å². The maximum Gasteiger partial charge on any atom is 0.164 e. The quantitative estimate of drug-likeness (QED) is 0.0891. The summed E-state index contributed by atoms with van der Waals surface area (Å²) in [5.74, 6) is 4.39. The molecule has 0 aliphatic rings. The van der Waals surface area contributed by atoms with E-state index in [1.54, 1.807) is 0 Å². The minimum atomic E-state index is 0.601. The number of furan rings is 3. The van der Waals surface area contributed by atoms with Crippen LogP contribution >= 0.6 is 0 Å².